The number of hydrogen-bond acceptors (Lipinski definition) is 4. The molecule has 5 nitrogen and oxygen atoms in total. The highest BCUT2D eigenvalue weighted by molar-refractivity contribution is 5.93. The third-order valence-corrected chi connectivity index (χ3v) is 4.24. The fourth-order valence-electron chi connectivity index (χ4n) is 3.13. The Hall–Kier alpha value is -2.89. The summed E-state index contributed by atoms with van der Waals surface area (Å²) in [6.45, 7) is 0.614. The molecule has 0 saturated carbocycles. The van der Waals surface area contributed by atoms with Crippen molar-refractivity contribution in [2.75, 3.05) is 6.54 Å². The fraction of sp³-hybridized carbons (Fsp3) is 0.222. The largest absolute Gasteiger partial charge is 0.461 e. The van der Waals surface area contributed by atoms with Crippen molar-refractivity contribution in [1.82, 2.24) is 10.1 Å². The molecule has 0 radical (unpaired) electrons. The van der Waals surface area contributed by atoms with Gasteiger partial charge in [-0.05, 0) is 42.7 Å². The molecule has 2 aromatic heterocycles. The van der Waals surface area contributed by atoms with Crippen LogP contribution in [0.5, 0.6) is 0 Å². The molecular formula is C18H15FN2O3. The van der Waals surface area contributed by atoms with Crippen LogP contribution in [0.4, 0.5) is 4.39 Å². The summed E-state index contributed by atoms with van der Waals surface area (Å²) < 4.78 is 23.9. The van der Waals surface area contributed by atoms with Crippen LogP contribution in [-0.4, -0.2) is 22.5 Å². The van der Waals surface area contributed by atoms with E-state index in [4.69, 9.17) is 8.94 Å². The lowest BCUT2D eigenvalue weighted by molar-refractivity contribution is 0.0725. The minimum Gasteiger partial charge on any atom is -0.461 e. The first-order chi connectivity index (χ1) is 11.7. The van der Waals surface area contributed by atoms with E-state index in [-0.39, 0.29) is 23.5 Å². The molecule has 3 aromatic rings. The normalized spacial score (nSPS) is 17.4. The maximum atomic E-state index is 13.5. The van der Waals surface area contributed by atoms with Crippen molar-refractivity contribution in [2.45, 2.75) is 18.9 Å². The maximum Gasteiger partial charge on any atom is 0.276 e. The SMILES string of the molecule is O=C(c1cc(-c2ccco2)on1)N1CCCC1c1cccc(F)c1. The third kappa shape index (κ3) is 2.60. The van der Waals surface area contributed by atoms with Gasteiger partial charge in [-0.2, -0.15) is 0 Å². The number of halogens is 1. The van der Waals surface area contributed by atoms with E-state index in [0.29, 0.717) is 18.1 Å². The molecule has 1 atom stereocenters. The van der Waals surface area contributed by atoms with Crippen LogP contribution in [0, 0.1) is 5.82 Å². The first-order valence-electron chi connectivity index (χ1n) is 7.79. The number of nitrogens with zero attached hydrogens (tertiary/aromatic N) is 2. The van der Waals surface area contributed by atoms with Gasteiger partial charge in [-0.1, -0.05) is 17.3 Å². The van der Waals surface area contributed by atoms with Crippen LogP contribution in [0.1, 0.15) is 34.9 Å². The van der Waals surface area contributed by atoms with E-state index in [2.05, 4.69) is 5.16 Å². The summed E-state index contributed by atoms with van der Waals surface area (Å²) in [5.41, 5.74) is 1.03. The zero-order valence-electron chi connectivity index (χ0n) is 12.8. The topological polar surface area (TPSA) is 59.5 Å². The first-order valence-corrected chi connectivity index (χ1v) is 7.79. The van der Waals surface area contributed by atoms with Crippen molar-refractivity contribution in [2.24, 2.45) is 0 Å². The summed E-state index contributed by atoms with van der Waals surface area (Å²) >= 11 is 0. The number of likely N-dealkylation sites (tertiary alicyclic amines) is 1. The summed E-state index contributed by atoms with van der Waals surface area (Å²) in [6, 6.07) is 11.3. The molecule has 0 aliphatic carbocycles. The second kappa shape index (κ2) is 5.96. The number of benzene rings is 1. The highest BCUT2D eigenvalue weighted by atomic mass is 19.1. The summed E-state index contributed by atoms with van der Waals surface area (Å²) in [4.78, 5) is 14.5. The molecule has 122 valence electrons. The minimum atomic E-state index is -0.298. The van der Waals surface area contributed by atoms with Crippen molar-refractivity contribution in [3.63, 3.8) is 0 Å². The van der Waals surface area contributed by atoms with Gasteiger partial charge in [0.25, 0.3) is 5.91 Å². The quantitative estimate of drug-likeness (QED) is 0.728. The lowest BCUT2D eigenvalue weighted by atomic mass is 10.0. The van der Waals surface area contributed by atoms with Gasteiger partial charge in [-0.15, -0.1) is 0 Å². The fourth-order valence-corrected chi connectivity index (χ4v) is 3.13. The molecule has 4 rings (SSSR count). The lowest BCUT2D eigenvalue weighted by Gasteiger charge is -2.24. The Morgan fingerprint density at radius 3 is 2.92 bits per heavy atom. The maximum absolute atomic E-state index is 13.5. The summed E-state index contributed by atoms with van der Waals surface area (Å²) in [5, 5.41) is 3.86. The van der Waals surface area contributed by atoms with Gasteiger partial charge >= 0.3 is 0 Å². The average molecular weight is 326 g/mol. The summed E-state index contributed by atoms with van der Waals surface area (Å²) in [7, 11) is 0. The zero-order valence-corrected chi connectivity index (χ0v) is 12.8. The van der Waals surface area contributed by atoms with Gasteiger partial charge in [0.15, 0.2) is 11.5 Å². The summed E-state index contributed by atoms with van der Waals surface area (Å²) in [6.07, 6.45) is 3.20. The van der Waals surface area contributed by atoms with Gasteiger partial charge in [0.1, 0.15) is 5.82 Å². The highest BCUT2D eigenvalue weighted by Crippen LogP contribution is 2.33. The Kier molecular flexibility index (Phi) is 3.65. The van der Waals surface area contributed by atoms with Gasteiger partial charge in [0.2, 0.25) is 5.76 Å². The number of aromatic nitrogens is 1. The standard InChI is InChI=1S/C18H15FN2O3/c19-13-5-1-4-12(10-13)15-6-2-8-21(15)18(22)14-11-17(24-20-14)16-7-3-9-23-16/h1,3-5,7,9-11,15H,2,6,8H2. The van der Waals surface area contributed by atoms with Crippen molar-refractivity contribution in [1.29, 1.82) is 0 Å². The molecule has 0 spiro atoms. The number of rotatable bonds is 3. The van der Waals surface area contributed by atoms with E-state index in [9.17, 15) is 9.18 Å². The second-order valence-corrected chi connectivity index (χ2v) is 5.77. The van der Waals surface area contributed by atoms with Crippen LogP contribution >= 0.6 is 0 Å². The van der Waals surface area contributed by atoms with Gasteiger partial charge < -0.3 is 13.8 Å². The number of amides is 1. The van der Waals surface area contributed by atoms with E-state index in [1.807, 2.05) is 6.07 Å². The van der Waals surface area contributed by atoms with Crippen LogP contribution in [0.15, 0.2) is 57.7 Å². The smallest absolute Gasteiger partial charge is 0.276 e. The summed E-state index contributed by atoms with van der Waals surface area (Å²) in [5.74, 6) is 0.408. The number of carbonyl (C=O) groups is 1. The van der Waals surface area contributed by atoms with Crippen molar-refractivity contribution < 1.29 is 18.1 Å². The Balaban J connectivity index is 1.59. The van der Waals surface area contributed by atoms with E-state index < -0.39 is 0 Å². The Bertz CT molecular complexity index is 857. The lowest BCUT2D eigenvalue weighted by Crippen LogP contribution is -2.30. The van der Waals surface area contributed by atoms with E-state index in [1.165, 1.54) is 18.4 Å². The molecule has 3 heterocycles. The molecule has 0 bridgehead atoms. The molecule has 1 aliphatic rings. The van der Waals surface area contributed by atoms with Gasteiger partial charge in [-0.25, -0.2) is 4.39 Å². The second-order valence-electron chi connectivity index (χ2n) is 5.77. The number of furan rings is 1. The first kappa shape index (κ1) is 14.7. The molecule has 1 fully saturated rings. The van der Waals surface area contributed by atoms with Crippen molar-refractivity contribution in [3.05, 3.63) is 65.8 Å². The Labute approximate surface area is 137 Å². The molecule has 24 heavy (non-hydrogen) atoms. The van der Waals surface area contributed by atoms with Crippen LogP contribution in [0.2, 0.25) is 0 Å². The zero-order chi connectivity index (χ0) is 16.5. The van der Waals surface area contributed by atoms with Crippen LogP contribution < -0.4 is 0 Å². The van der Waals surface area contributed by atoms with Gasteiger partial charge in [0, 0.05) is 12.6 Å². The molecular weight excluding hydrogens is 311 g/mol. The minimum absolute atomic E-state index is 0.142. The average Bonchev–Trinajstić information content (AvgIpc) is 3.33. The van der Waals surface area contributed by atoms with E-state index >= 15 is 0 Å². The van der Waals surface area contributed by atoms with Crippen LogP contribution in [0.25, 0.3) is 11.5 Å². The predicted octanol–water partition coefficient (Wildman–Crippen LogP) is 4.05. The molecule has 1 saturated heterocycles. The molecule has 1 aliphatic heterocycles. The van der Waals surface area contributed by atoms with Crippen LogP contribution in [0.3, 0.4) is 0 Å². The van der Waals surface area contributed by atoms with Gasteiger partial charge in [-0.3, -0.25) is 4.79 Å². The molecule has 1 amide bonds. The van der Waals surface area contributed by atoms with Crippen molar-refractivity contribution >= 4 is 5.91 Å². The molecule has 0 N–H and O–H groups in total. The van der Waals surface area contributed by atoms with Crippen LogP contribution in [-0.2, 0) is 0 Å². The van der Waals surface area contributed by atoms with E-state index in [1.54, 1.807) is 29.2 Å². The van der Waals surface area contributed by atoms with Gasteiger partial charge in [0.05, 0.1) is 12.3 Å². The third-order valence-electron chi connectivity index (χ3n) is 4.24. The van der Waals surface area contributed by atoms with Crippen molar-refractivity contribution in [3.8, 4) is 11.5 Å². The number of carbonyl (C=O) groups excluding carboxylic acids is 1. The Morgan fingerprint density at radius 1 is 1.21 bits per heavy atom. The predicted molar refractivity (Wildman–Crippen MR) is 83.6 cm³/mol. The monoisotopic (exact) mass is 326 g/mol. The molecule has 1 unspecified atom stereocenters. The highest BCUT2D eigenvalue weighted by Gasteiger charge is 2.32. The molecule has 1 aromatic carbocycles. The van der Waals surface area contributed by atoms with E-state index in [0.717, 1.165) is 18.4 Å². The molecule has 6 heteroatoms. The number of hydrogen-bond donors (Lipinski definition) is 0. The Morgan fingerprint density at radius 2 is 2.12 bits per heavy atom.